The Morgan fingerprint density at radius 3 is 2.56 bits per heavy atom. The van der Waals surface area contributed by atoms with Crippen molar-refractivity contribution in [3.63, 3.8) is 0 Å². The minimum absolute atomic E-state index is 0.389. The molecule has 4 heteroatoms. The molecule has 1 atom stereocenters. The predicted octanol–water partition coefficient (Wildman–Crippen LogP) is 1.68. The topological polar surface area (TPSA) is 55.8 Å². The van der Waals surface area contributed by atoms with Crippen molar-refractivity contribution in [2.45, 2.75) is 32.1 Å². The van der Waals surface area contributed by atoms with Crippen LogP contribution >= 0.6 is 0 Å². The number of carboxylic acid groups (broad SMARTS) is 1. The van der Waals surface area contributed by atoms with Crippen LogP contribution in [0, 0.1) is 11.3 Å². The van der Waals surface area contributed by atoms with Gasteiger partial charge in [-0.25, -0.2) is 0 Å². The maximum absolute atomic E-state index is 11.4. The molecule has 0 aromatic rings. The molecule has 0 amide bonds. The van der Waals surface area contributed by atoms with Gasteiger partial charge >= 0.3 is 5.97 Å². The molecule has 0 saturated carbocycles. The second kappa shape index (κ2) is 5.15. The summed E-state index contributed by atoms with van der Waals surface area (Å²) in [7, 11) is 0. The Hall–Kier alpha value is -0.610. The van der Waals surface area contributed by atoms with Gasteiger partial charge in [-0.2, -0.15) is 0 Å². The van der Waals surface area contributed by atoms with Gasteiger partial charge in [-0.15, -0.1) is 0 Å². The van der Waals surface area contributed by atoms with Gasteiger partial charge in [0.25, 0.3) is 0 Å². The Kier molecular flexibility index (Phi) is 3.82. The van der Waals surface area contributed by atoms with E-state index in [2.05, 4.69) is 0 Å². The van der Waals surface area contributed by atoms with E-state index < -0.39 is 11.4 Å². The number of carboxylic acids is 1. The average Bonchev–Trinajstić information content (AvgIpc) is 2.31. The van der Waals surface area contributed by atoms with Crippen molar-refractivity contribution in [3.8, 4) is 0 Å². The van der Waals surface area contributed by atoms with Gasteiger partial charge in [0.15, 0.2) is 0 Å². The van der Waals surface area contributed by atoms with E-state index in [4.69, 9.17) is 9.47 Å². The summed E-state index contributed by atoms with van der Waals surface area (Å²) in [4.78, 5) is 11.4. The highest BCUT2D eigenvalue weighted by molar-refractivity contribution is 5.75. The van der Waals surface area contributed by atoms with Crippen LogP contribution in [0.25, 0.3) is 0 Å². The summed E-state index contributed by atoms with van der Waals surface area (Å²) < 4.78 is 10.7. The molecule has 2 aliphatic heterocycles. The third kappa shape index (κ3) is 2.55. The third-order valence-electron chi connectivity index (χ3n) is 3.80. The van der Waals surface area contributed by atoms with Gasteiger partial charge in [0.1, 0.15) is 0 Å². The van der Waals surface area contributed by atoms with Gasteiger partial charge in [-0.3, -0.25) is 4.79 Å². The summed E-state index contributed by atoms with van der Waals surface area (Å²) >= 11 is 0. The summed E-state index contributed by atoms with van der Waals surface area (Å²) in [5.74, 6) is -0.190. The SMILES string of the molecule is O=C(O)C1(CC2CCOCC2)CCCOC1. The number of aliphatic carboxylic acids is 1. The van der Waals surface area contributed by atoms with Crippen molar-refractivity contribution in [2.24, 2.45) is 11.3 Å². The first kappa shape index (κ1) is 11.9. The molecule has 2 aliphatic rings. The molecule has 1 unspecified atom stereocenters. The summed E-state index contributed by atoms with van der Waals surface area (Å²) in [6.45, 7) is 2.66. The quantitative estimate of drug-likeness (QED) is 0.798. The molecule has 0 bridgehead atoms. The van der Waals surface area contributed by atoms with Crippen LogP contribution in [0.15, 0.2) is 0 Å². The highest BCUT2D eigenvalue weighted by Gasteiger charge is 2.42. The van der Waals surface area contributed by atoms with Crippen molar-refractivity contribution in [3.05, 3.63) is 0 Å². The largest absolute Gasteiger partial charge is 0.481 e. The number of hydrogen-bond donors (Lipinski definition) is 1. The minimum Gasteiger partial charge on any atom is -0.481 e. The molecule has 0 aliphatic carbocycles. The molecule has 16 heavy (non-hydrogen) atoms. The molecule has 92 valence electrons. The van der Waals surface area contributed by atoms with Gasteiger partial charge in [-0.05, 0) is 38.0 Å². The normalized spacial score (nSPS) is 32.5. The van der Waals surface area contributed by atoms with E-state index in [9.17, 15) is 9.90 Å². The lowest BCUT2D eigenvalue weighted by Crippen LogP contribution is -2.41. The number of rotatable bonds is 3. The molecule has 2 saturated heterocycles. The van der Waals surface area contributed by atoms with Crippen molar-refractivity contribution in [1.29, 1.82) is 0 Å². The van der Waals surface area contributed by atoms with Crippen LogP contribution < -0.4 is 0 Å². The van der Waals surface area contributed by atoms with Crippen LogP contribution in [-0.2, 0) is 14.3 Å². The fourth-order valence-electron chi connectivity index (χ4n) is 2.77. The van der Waals surface area contributed by atoms with Crippen LogP contribution in [0.4, 0.5) is 0 Å². The van der Waals surface area contributed by atoms with Gasteiger partial charge in [0.05, 0.1) is 12.0 Å². The molecule has 4 nitrogen and oxygen atoms in total. The number of hydrogen-bond acceptors (Lipinski definition) is 3. The van der Waals surface area contributed by atoms with Crippen LogP contribution in [-0.4, -0.2) is 37.5 Å². The Labute approximate surface area is 95.9 Å². The lowest BCUT2D eigenvalue weighted by molar-refractivity contribution is -0.160. The summed E-state index contributed by atoms with van der Waals surface area (Å²) in [5.41, 5.74) is -0.625. The highest BCUT2D eigenvalue weighted by atomic mass is 16.5. The van der Waals surface area contributed by atoms with E-state index in [1.165, 1.54) is 0 Å². The first-order valence-electron chi connectivity index (χ1n) is 6.12. The smallest absolute Gasteiger partial charge is 0.311 e. The Balaban J connectivity index is 1.98. The van der Waals surface area contributed by atoms with E-state index in [1.807, 2.05) is 0 Å². The number of carbonyl (C=O) groups is 1. The molecule has 2 fully saturated rings. The first-order valence-corrected chi connectivity index (χ1v) is 6.12. The van der Waals surface area contributed by atoms with Crippen LogP contribution in [0.5, 0.6) is 0 Å². The van der Waals surface area contributed by atoms with Crippen molar-refractivity contribution < 1.29 is 19.4 Å². The standard InChI is InChI=1S/C12H20O4/c13-11(14)12(4-1-5-16-9-12)8-10-2-6-15-7-3-10/h10H,1-9H2,(H,13,14). The Morgan fingerprint density at radius 1 is 1.25 bits per heavy atom. The minimum atomic E-state index is -0.682. The zero-order valence-electron chi connectivity index (χ0n) is 9.61. The molecular weight excluding hydrogens is 208 g/mol. The Morgan fingerprint density at radius 2 is 2.00 bits per heavy atom. The molecule has 0 spiro atoms. The molecule has 0 aromatic carbocycles. The fourth-order valence-corrected chi connectivity index (χ4v) is 2.77. The van der Waals surface area contributed by atoms with Crippen LogP contribution in [0.2, 0.25) is 0 Å². The van der Waals surface area contributed by atoms with E-state index in [0.717, 1.165) is 45.3 Å². The average molecular weight is 228 g/mol. The number of ether oxygens (including phenoxy) is 2. The fraction of sp³-hybridized carbons (Fsp3) is 0.917. The van der Waals surface area contributed by atoms with Gasteiger partial charge in [-0.1, -0.05) is 0 Å². The molecular formula is C12H20O4. The highest BCUT2D eigenvalue weighted by Crippen LogP contribution is 2.38. The molecule has 1 N–H and O–H groups in total. The molecule has 2 rings (SSSR count). The second-order valence-corrected chi connectivity index (χ2v) is 5.00. The summed E-state index contributed by atoms with van der Waals surface area (Å²) in [5, 5.41) is 9.41. The molecule has 2 heterocycles. The third-order valence-corrected chi connectivity index (χ3v) is 3.80. The first-order chi connectivity index (χ1) is 7.73. The van der Waals surface area contributed by atoms with E-state index in [0.29, 0.717) is 19.1 Å². The maximum Gasteiger partial charge on any atom is 0.311 e. The van der Waals surface area contributed by atoms with E-state index >= 15 is 0 Å². The zero-order valence-corrected chi connectivity index (χ0v) is 9.61. The van der Waals surface area contributed by atoms with Gasteiger partial charge < -0.3 is 14.6 Å². The monoisotopic (exact) mass is 228 g/mol. The van der Waals surface area contributed by atoms with Crippen molar-refractivity contribution in [1.82, 2.24) is 0 Å². The van der Waals surface area contributed by atoms with Crippen molar-refractivity contribution in [2.75, 3.05) is 26.4 Å². The van der Waals surface area contributed by atoms with Gasteiger partial charge in [0, 0.05) is 19.8 Å². The van der Waals surface area contributed by atoms with Gasteiger partial charge in [0.2, 0.25) is 0 Å². The molecule has 0 aromatic heterocycles. The van der Waals surface area contributed by atoms with Crippen LogP contribution in [0.1, 0.15) is 32.1 Å². The lowest BCUT2D eigenvalue weighted by Gasteiger charge is -2.36. The predicted molar refractivity (Wildman–Crippen MR) is 58.3 cm³/mol. The lowest BCUT2D eigenvalue weighted by atomic mass is 9.73. The maximum atomic E-state index is 11.4. The van der Waals surface area contributed by atoms with Crippen molar-refractivity contribution >= 4 is 5.97 Å². The summed E-state index contributed by atoms with van der Waals surface area (Å²) in [6.07, 6.45) is 4.38. The molecule has 0 radical (unpaired) electrons. The second-order valence-electron chi connectivity index (χ2n) is 5.00. The zero-order chi connectivity index (χ0) is 11.4. The van der Waals surface area contributed by atoms with Crippen LogP contribution in [0.3, 0.4) is 0 Å². The van der Waals surface area contributed by atoms with E-state index in [1.54, 1.807) is 0 Å². The Bertz CT molecular complexity index is 239. The van der Waals surface area contributed by atoms with E-state index in [-0.39, 0.29) is 0 Å². The summed E-state index contributed by atoms with van der Waals surface area (Å²) in [6, 6.07) is 0.